The van der Waals surface area contributed by atoms with E-state index in [2.05, 4.69) is 0 Å². The second kappa shape index (κ2) is 8.59. The molecule has 0 aromatic heterocycles. The van der Waals surface area contributed by atoms with Crippen LogP contribution in [-0.4, -0.2) is 30.7 Å². The molecule has 27 heavy (non-hydrogen) atoms. The number of esters is 1. The molecule has 0 fully saturated rings. The van der Waals surface area contributed by atoms with Crippen molar-refractivity contribution in [2.75, 3.05) is 19.8 Å². The van der Waals surface area contributed by atoms with Crippen LogP contribution >= 0.6 is 11.6 Å². The standard InChI is InChI=1S/C18H16ClNO7/c19-13-8-12(9-16-18(13)25-7-3-6-24-16)10-27-17(21)11-26-15-5-2-1-4-14(15)20(22)23/h1-2,4-5,8-9H,3,6-7,10-11H2. The second-order valence-electron chi connectivity index (χ2n) is 5.63. The van der Waals surface area contributed by atoms with Crippen LogP contribution in [0.25, 0.3) is 0 Å². The molecule has 142 valence electrons. The second-order valence-corrected chi connectivity index (χ2v) is 6.04. The maximum absolute atomic E-state index is 11.9. The van der Waals surface area contributed by atoms with Crippen LogP contribution in [-0.2, 0) is 16.1 Å². The van der Waals surface area contributed by atoms with Crippen molar-refractivity contribution in [3.8, 4) is 17.2 Å². The van der Waals surface area contributed by atoms with Gasteiger partial charge in [-0.15, -0.1) is 0 Å². The number of nitro groups is 1. The van der Waals surface area contributed by atoms with Gasteiger partial charge < -0.3 is 18.9 Å². The number of rotatable bonds is 6. The van der Waals surface area contributed by atoms with E-state index in [1.54, 1.807) is 18.2 Å². The third-order valence-electron chi connectivity index (χ3n) is 3.67. The number of carbonyl (C=O) groups is 1. The summed E-state index contributed by atoms with van der Waals surface area (Å²) in [7, 11) is 0. The minimum absolute atomic E-state index is 0.00178. The molecule has 8 nitrogen and oxygen atoms in total. The third-order valence-corrected chi connectivity index (χ3v) is 3.95. The van der Waals surface area contributed by atoms with Gasteiger partial charge in [-0.1, -0.05) is 23.7 Å². The number of carbonyl (C=O) groups excluding carboxylic acids is 1. The Hall–Kier alpha value is -3.00. The summed E-state index contributed by atoms with van der Waals surface area (Å²) >= 11 is 6.19. The van der Waals surface area contributed by atoms with Crippen LogP contribution in [0, 0.1) is 10.1 Å². The molecule has 1 aliphatic heterocycles. The summed E-state index contributed by atoms with van der Waals surface area (Å²) in [6, 6.07) is 9.12. The van der Waals surface area contributed by atoms with Gasteiger partial charge in [0.05, 0.1) is 23.2 Å². The molecule has 9 heteroatoms. The van der Waals surface area contributed by atoms with E-state index in [9.17, 15) is 14.9 Å². The molecular weight excluding hydrogens is 378 g/mol. The fraction of sp³-hybridized carbons (Fsp3) is 0.278. The number of fused-ring (bicyclic) bond motifs is 1. The van der Waals surface area contributed by atoms with E-state index in [-0.39, 0.29) is 18.0 Å². The summed E-state index contributed by atoms with van der Waals surface area (Å²) < 4.78 is 21.4. The summed E-state index contributed by atoms with van der Waals surface area (Å²) in [4.78, 5) is 22.2. The molecule has 0 saturated heterocycles. The molecule has 1 heterocycles. The average Bonchev–Trinajstić information content (AvgIpc) is 2.90. The van der Waals surface area contributed by atoms with Crippen LogP contribution in [0.15, 0.2) is 36.4 Å². The number of nitrogens with zero attached hydrogens (tertiary/aromatic N) is 1. The molecule has 0 bridgehead atoms. The monoisotopic (exact) mass is 393 g/mol. The van der Waals surface area contributed by atoms with Crippen LogP contribution in [0.2, 0.25) is 5.02 Å². The van der Waals surface area contributed by atoms with Gasteiger partial charge in [-0.2, -0.15) is 0 Å². The molecule has 0 unspecified atom stereocenters. The molecule has 3 rings (SSSR count). The first kappa shape index (κ1) is 18.8. The lowest BCUT2D eigenvalue weighted by Crippen LogP contribution is -2.15. The minimum Gasteiger partial charge on any atom is -0.489 e. The van der Waals surface area contributed by atoms with E-state index in [4.69, 9.17) is 30.5 Å². The molecule has 1 aliphatic rings. The summed E-state index contributed by atoms with van der Waals surface area (Å²) in [5, 5.41) is 11.3. The van der Waals surface area contributed by atoms with Gasteiger partial charge >= 0.3 is 11.7 Å². The highest BCUT2D eigenvalue weighted by Crippen LogP contribution is 2.38. The number of nitro benzene ring substituents is 1. The van der Waals surface area contributed by atoms with Crippen molar-refractivity contribution in [3.63, 3.8) is 0 Å². The Morgan fingerprint density at radius 2 is 2.00 bits per heavy atom. The normalized spacial score (nSPS) is 12.8. The van der Waals surface area contributed by atoms with Crippen LogP contribution in [0.4, 0.5) is 5.69 Å². The number of halogens is 1. The van der Waals surface area contributed by atoms with Gasteiger partial charge in [-0.3, -0.25) is 10.1 Å². The SMILES string of the molecule is O=C(COc1ccccc1[N+](=O)[O-])OCc1cc(Cl)c2c(c1)OCCCO2. The van der Waals surface area contributed by atoms with Crippen LogP contribution in [0.3, 0.4) is 0 Å². The zero-order valence-corrected chi connectivity index (χ0v) is 14.9. The molecule has 0 aliphatic carbocycles. The van der Waals surface area contributed by atoms with Crippen molar-refractivity contribution in [2.45, 2.75) is 13.0 Å². The van der Waals surface area contributed by atoms with Crippen LogP contribution in [0.5, 0.6) is 17.2 Å². The first-order valence-corrected chi connectivity index (χ1v) is 8.52. The highest BCUT2D eigenvalue weighted by molar-refractivity contribution is 6.32. The van der Waals surface area contributed by atoms with Crippen LogP contribution in [0.1, 0.15) is 12.0 Å². The Kier molecular flexibility index (Phi) is 5.97. The lowest BCUT2D eigenvalue weighted by molar-refractivity contribution is -0.385. The largest absolute Gasteiger partial charge is 0.489 e. The van der Waals surface area contributed by atoms with E-state index >= 15 is 0 Å². The number of para-hydroxylation sites is 2. The van der Waals surface area contributed by atoms with Crippen molar-refractivity contribution in [1.82, 2.24) is 0 Å². The zero-order chi connectivity index (χ0) is 19.2. The molecule has 0 N–H and O–H groups in total. The zero-order valence-electron chi connectivity index (χ0n) is 14.2. The van der Waals surface area contributed by atoms with Gasteiger partial charge in [-0.05, 0) is 23.8 Å². The molecule has 2 aromatic rings. The smallest absolute Gasteiger partial charge is 0.344 e. The first-order chi connectivity index (χ1) is 13.0. The van der Waals surface area contributed by atoms with Gasteiger partial charge in [-0.25, -0.2) is 4.79 Å². The molecular formula is C18H16ClNO7. The van der Waals surface area contributed by atoms with E-state index in [1.165, 1.54) is 18.2 Å². The Balaban J connectivity index is 1.58. The molecule has 0 saturated carbocycles. The Morgan fingerprint density at radius 1 is 1.22 bits per heavy atom. The molecule has 0 atom stereocenters. The summed E-state index contributed by atoms with van der Waals surface area (Å²) in [6.45, 7) is 0.527. The number of ether oxygens (including phenoxy) is 4. The van der Waals surface area contributed by atoms with Crippen molar-refractivity contribution >= 4 is 23.3 Å². The van der Waals surface area contributed by atoms with Crippen molar-refractivity contribution in [1.29, 1.82) is 0 Å². The van der Waals surface area contributed by atoms with E-state index in [0.29, 0.717) is 35.3 Å². The average molecular weight is 394 g/mol. The summed E-state index contributed by atoms with van der Waals surface area (Å²) in [6.07, 6.45) is 0.748. The van der Waals surface area contributed by atoms with Gasteiger partial charge in [0.1, 0.15) is 6.61 Å². The molecule has 0 radical (unpaired) electrons. The minimum atomic E-state index is -0.670. The van der Waals surface area contributed by atoms with Gasteiger partial charge in [0.2, 0.25) is 0 Å². The predicted octanol–water partition coefficient (Wildman–Crippen LogP) is 3.53. The maximum atomic E-state index is 11.9. The fourth-order valence-corrected chi connectivity index (χ4v) is 2.73. The Labute approximate surface area is 159 Å². The van der Waals surface area contributed by atoms with Crippen LogP contribution < -0.4 is 14.2 Å². The Morgan fingerprint density at radius 3 is 2.81 bits per heavy atom. The number of hydrogen-bond donors (Lipinski definition) is 0. The first-order valence-electron chi connectivity index (χ1n) is 8.14. The summed E-state index contributed by atoms with van der Waals surface area (Å²) in [5.41, 5.74) is 0.406. The van der Waals surface area contributed by atoms with E-state index < -0.39 is 17.5 Å². The van der Waals surface area contributed by atoms with E-state index in [0.717, 1.165) is 6.42 Å². The van der Waals surface area contributed by atoms with E-state index in [1.807, 2.05) is 0 Å². The number of hydrogen-bond acceptors (Lipinski definition) is 7. The lowest BCUT2D eigenvalue weighted by Gasteiger charge is -2.12. The topological polar surface area (TPSA) is 97.1 Å². The molecule has 0 amide bonds. The van der Waals surface area contributed by atoms with Crippen molar-refractivity contribution < 1.29 is 28.7 Å². The maximum Gasteiger partial charge on any atom is 0.344 e. The van der Waals surface area contributed by atoms with Gasteiger partial charge in [0, 0.05) is 12.5 Å². The Bertz CT molecular complexity index is 856. The van der Waals surface area contributed by atoms with Crippen molar-refractivity contribution in [2.24, 2.45) is 0 Å². The van der Waals surface area contributed by atoms with Crippen molar-refractivity contribution in [3.05, 3.63) is 57.1 Å². The summed E-state index contributed by atoms with van der Waals surface area (Å²) in [5.74, 6) is 0.306. The predicted molar refractivity (Wildman–Crippen MR) is 95.4 cm³/mol. The van der Waals surface area contributed by atoms with Gasteiger partial charge in [0.15, 0.2) is 23.9 Å². The molecule has 0 spiro atoms. The highest BCUT2D eigenvalue weighted by Gasteiger charge is 2.18. The lowest BCUT2D eigenvalue weighted by atomic mass is 10.2. The number of benzene rings is 2. The highest BCUT2D eigenvalue weighted by atomic mass is 35.5. The van der Waals surface area contributed by atoms with Gasteiger partial charge in [0.25, 0.3) is 0 Å². The quantitative estimate of drug-likeness (QED) is 0.420. The third kappa shape index (κ3) is 4.79. The fourth-order valence-electron chi connectivity index (χ4n) is 2.44. The molecule has 2 aromatic carbocycles.